The van der Waals surface area contributed by atoms with Gasteiger partial charge in [-0.2, -0.15) is 0 Å². The molecule has 0 bridgehead atoms. The van der Waals surface area contributed by atoms with E-state index in [1.807, 2.05) is 0 Å². The van der Waals surface area contributed by atoms with E-state index in [9.17, 15) is 13.6 Å². The van der Waals surface area contributed by atoms with Gasteiger partial charge in [-0.05, 0) is 30.7 Å². The SMILES string of the molecule is COC(=O)c1cc(NCC2CCCC(C)C2)c(F)cc1F. The predicted octanol–water partition coefficient (Wildman–Crippen LogP) is 3.99. The molecule has 0 saturated heterocycles. The van der Waals surface area contributed by atoms with Gasteiger partial charge in [0.25, 0.3) is 0 Å². The van der Waals surface area contributed by atoms with Crippen molar-refractivity contribution in [2.45, 2.75) is 32.6 Å². The van der Waals surface area contributed by atoms with Gasteiger partial charge in [0.2, 0.25) is 0 Å². The summed E-state index contributed by atoms with van der Waals surface area (Å²) in [5.74, 6) is -1.23. The number of rotatable bonds is 4. The molecule has 2 rings (SSSR count). The molecule has 21 heavy (non-hydrogen) atoms. The second kappa shape index (κ2) is 6.87. The zero-order valence-corrected chi connectivity index (χ0v) is 12.4. The number of nitrogens with one attached hydrogen (secondary N) is 1. The molecule has 3 nitrogen and oxygen atoms in total. The van der Waals surface area contributed by atoms with Gasteiger partial charge in [-0.1, -0.05) is 19.8 Å². The molecule has 5 heteroatoms. The minimum atomic E-state index is -0.906. The van der Waals surface area contributed by atoms with Crippen molar-refractivity contribution in [3.63, 3.8) is 0 Å². The summed E-state index contributed by atoms with van der Waals surface area (Å²) < 4.78 is 31.8. The molecule has 0 heterocycles. The van der Waals surface area contributed by atoms with Crippen LogP contribution in [0.2, 0.25) is 0 Å². The Kier molecular flexibility index (Phi) is 5.15. The molecule has 1 aromatic rings. The Balaban J connectivity index is 2.07. The summed E-state index contributed by atoms with van der Waals surface area (Å²) >= 11 is 0. The van der Waals surface area contributed by atoms with E-state index in [1.165, 1.54) is 26.0 Å². The summed E-state index contributed by atoms with van der Waals surface area (Å²) in [5.41, 5.74) is -0.103. The molecular weight excluding hydrogens is 276 g/mol. The van der Waals surface area contributed by atoms with Crippen molar-refractivity contribution in [2.75, 3.05) is 19.0 Å². The number of anilines is 1. The van der Waals surface area contributed by atoms with E-state index in [-0.39, 0.29) is 11.3 Å². The maximum absolute atomic E-state index is 13.8. The molecule has 0 radical (unpaired) electrons. The van der Waals surface area contributed by atoms with Crippen LogP contribution in [0.3, 0.4) is 0 Å². The number of methoxy groups -OCH3 is 1. The van der Waals surface area contributed by atoms with Crippen LogP contribution in [0.5, 0.6) is 0 Å². The van der Waals surface area contributed by atoms with E-state index >= 15 is 0 Å². The number of hydrogen-bond acceptors (Lipinski definition) is 3. The molecular formula is C16H21F2NO2. The second-order valence-corrected chi connectivity index (χ2v) is 5.82. The van der Waals surface area contributed by atoms with Crippen LogP contribution in [0, 0.1) is 23.5 Å². The van der Waals surface area contributed by atoms with Crippen molar-refractivity contribution >= 4 is 11.7 Å². The molecule has 1 saturated carbocycles. The summed E-state index contributed by atoms with van der Waals surface area (Å²) in [5, 5.41) is 3.00. The predicted molar refractivity (Wildman–Crippen MR) is 77.3 cm³/mol. The van der Waals surface area contributed by atoms with Gasteiger partial charge in [0.15, 0.2) is 0 Å². The molecule has 0 amide bonds. The Labute approximate surface area is 123 Å². The first-order chi connectivity index (χ1) is 10.0. The highest BCUT2D eigenvalue weighted by atomic mass is 19.1. The highest BCUT2D eigenvalue weighted by Gasteiger charge is 2.20. The number of esters is 1. The number of halogens is 2. The van der Waals surface area contributed by atoms with Crippen LogP contribution in [0.15, 0.2) is 12.1 Å². The highest BCUT2D eigenvalue weighted by molar-refractivity contribution is 5.90. The van der Waals surface area contributed by atoms with Gasteiger partial charge in [0.05, 0.1) is 18.4 Å². The molecule has 1 fully saturated rings. The van der Waals surface area contributed by atoms with Gasteiger partial charge in [-0.25, -0.2) is 13.6 Å². The van der Waals surface area contributed by atoms with E-state index in [0.717, 1.165) is 18.9 Å². The lowest BCUT2D eigenvalue weighted by molar-refractivity contribution is 0.0595. The average Bonchev–Trinajstić information content (AvgIpc) is 2.45. The number of carbonyl (C=O) groups excluding carboxylic acids is 1. The van der Waals surface area contributed by atoms with E-state index < -0.39 is 17.6 Å². The Bertz CT molecular complexity index is 519. The average molecular weight is 297 g/mol. The summed E-state index contributed by atoms with van der Waals surface area (Å²) in [7, 11) is 1.17. The standard InChI is InChI=1S/C16H21F2NO2/c1-10-4-3-5-11(6-10)9-19-15-7-12(16(20)21-2)13(17)8-14(15)18/h7-8,10-11,19H,3-6,9H2,1-2H3. The van der Waals surface area contributed by atoms with Crippen molar-refractivity contribution in [1.82, 2.24) is 0 Å². The lowest BCUT2D eigenvalue weighted by atomic mass is 9.82. The van der Waals surface area contributed by atoms with Crippen LogP contribution in [0.25, 0.3) is 0 Å². The van der Waals surface area contributed by atoms with Crippen LogP contribution in [0.4, 0.5) is 14.5 Å². The third-order valence-electron chi connectivity index (χ3n) is 4.09. The quantitative estimate of drug-likeness (QED) is 0.854. The second-order valence-electron chi connectivity index (χ2n) is 5.82. The molecule has 1 aliphatic carbocycles. The van der Waals surface area contributed by atoms with Crippen molar-refractivity contribution in [3.05, 3.63) is 29.3 Å². The Morgan fingerprint density at radius 1 is 1.33 bits per heavy atom. The largest absolute Gasteiger partial charge is 0.465 e. The van der Waals surface area contributed by atoms with E-state index in [2.05, 4.69) is 17.0 Å². The summed E-state index contributed by atoms with van der Waals surface area (Å²) in [4.78, 5) is 11.4. The van der Waals surface area contributed by atoms with Crippen LogP contribution >= 0.6 is 0 Å². The molecule has 0 aromatic heterocycles. The molecule has 2 atom stereocenters. The van der Waals surface area contributed by atoms with Crippen LogP contribution in [-0.2, 0) is 4.74 Å². The fourth-order valence-corrected chi connectivity index (χ4v) is 2.95. The Morgan fingerprint density at radius 3 is 2.76 bits per heavy atom. The van der Waals surface area contributed by atoms with Crippen molar-refractivity contribution < 1.29 is 18.3 Å². The third-order valence-corrected chi connectivity index (χ3v) is 4.09. The monoisotopic (exact) mass is 297 g/mol. The molecule has 0 spiro atoms. The van der Waals surface area contributed by atoms with E-state index in [0.29, 0.717) is 18.4 Å². The van der Waals surface area contributed by atoms with Crippen molar-refractivity contribution in [3.8, 4) is 0 Å². The summed E-state index contributed by atoms with van der Waals surface area (Å²) in [6.45, 7) is 2.85. The number of benzene rings is 1. The Hall–Kier alpha value is -1.65. The molecule has 1 aromatic carbocycles. The highest BCUT2D eigenvalue weighted by Crippen LogP contribution is 2.29. The fraction of sp³-hybridized carbons (Fsp3) is 0.562. The number of ether oxygens (including phenoxy) is 1. The minimum absolute atomic E-state index is 0.148. The lowest BCUT2D eigenvalue weighted by Gasteiger charge is -2.27. The first-order valence-electron chi connectivity index (χ1n) is 7.32. The van der Waals surface area contributed by atoms with Crippen molar-refractivity contribution in [1.29, 1.82) is 0 Å². The smallest absolute Gasteiger partial charge is 0.340 e. The fourth-order valence-electron chi connectivity index (χ4n) is 2.95. The van der Waals surface area contributed by atoms with E-state index in [1.54, 1.807) is 0 Å². The normalized spacial score (nSPS) is 21.9. The van der Waals surface area contributed by atoms with Gasteiger partial charge in [0, 0.05) is 12.6 Å². The number of carbonyl (C=O) groups is 1. The molecule has 2 unspecified atom stereocenters. The number of hydrogen-bond donors (Lipinski definition) is 1. The van der Waals surface area contributed by atoms with Gasteiger partial charge < -0.3 is 10.1 Å². The Morgan fingerprint density at radius 2 is 2.10 bits per heavy atom. The molecule has 1 N–H and O–H groups in total. The minimum Gasteiger partial charge on any atom is -0.465 e. The molecule has 1 aliphatic rings. The summed E-state index contributed by atoms with van der Waals surface area (Å²) in [6, 6.07) is 1.90. The van der Waals surface area contributed by atoms with Crippen LogP contribution < -0.4 is 5.32 Å². The zero-order chi connectivity index (χ0) is 15.4. The maximum atomic E-state index is 13.8. The van der Waals surface area contributed by atoms with Gasteiger partial charge in [0.1, 0.15) is 11.6 Å². The molecule has 0 aliphatic heterocycles. The van der Waals surface area contributed by atoms with Crippen LogP contribution in [-0.4, -0.2) is 19.6 Å². The maximum Gasteiger partial charge on any atom is 0.340 e. The summed E-state index contributed by atoms with van der Waals surface area (Å²) in [6.07, 6.45) is 4.66. The molecule has 116 valence electrons. The van der Waals surface area contributed by atoms with Crippen LogP contribution in [0.1, 0.15) is 43.0 Å². The lowest BCUT2D eigenvalue weighted by Crippen LogP contribution is -2.21. The third kappa shape index (κ3) is 3.93. The first-order valence-corrected chi connectivity index (χ1v) is 7.32. The van der Waals surface area contributed by atoms with Crippen molar-refractivity contribution in [2.24, 2.45) is 11.8 Å². The van der Waals surface area contributed by atoms with Gasteiger partial charge in [-0.3, -0.25) is 0 Å². The zero-order valence-electron chi connectivity index (χ0n) is 12.4. The topological polar surface area (TPSA) is 38.3 Å². The van der Waals surface area contributed by atoms with Gasteiger partial charge in [-0.15, -0.1) is 0 Å². The van der Waals surface area contributed by atoms with E-state index in [4.69, 9.17) is 0 Å². The first kappa shape index (κ1) is 15.7. The van der Waals surface area contributed by atoms with Gasteiger partial charge >= 0.3 is 5.97 Å².